The first-order valence-corrected chi connectivity index (χ1v) is 9.79. The van der Waals surface area contributed by atoms with E-state index in [0.29, 0.717) is 5.92 Å². The van der Waals surface area contributed by atoms with Gasteiger partial charge in [0.2, 0.25) is 0 Å². The third-order valence-corrected chi connectivity index (χ3v) is 5.19. The molecule has 5 nitrogen and oxygen atoms in total. The van der Waals surface area contributed by atoms with Gasteiger partial charge in [-0.25, -0.2) is 9.97 Å². The lowest BCUT2D eigenvalue weighted by atomic mass is 10.1. The van der Waals surface area contributed by atoms with Crippen molar-refractivity contribution in [3.05, 3.63) is 78.2 Å². The Balaban J connectivity index is 1.33. The average molecular weight is 374 g/mol. The van der Waals surface area contributed by atoms with Crippen LogP contribution in [0.5, 0.6) is 5.75 Å². The van der Waals surface area contributed by atoms with E-state index in [1.165, 1.54) is 11.3 Å². The Labute approximate surface area is 166 Å². The van der Waals surface area contributed by atoms with Crippen LogP contribution in [0.15, 0.2) is 66.9 Å². The highest BCUT2D eigenvalue weighted by molar-refractivity contribution is 5.59. The summed E-state index contributed by atoms with van der Waals surface area (Å²) in [5, 5.41) is 3.50. The van der Waals surface area contributed by atoms with Crippen molar-refractivity contribution in [2.45, 2.75) is 12.8 Å². The Morgan fingerprint density at radius 2 is 1.89 bits per heavy atom. The van der Waals surface area contributed by atoms with Crippen LogP contribution in [0.4, 0.5) is 11.5 Å². The number of anilines is 2. The zero-order valence-corrected chi connectivity index (χ0v) is 16.2. The van der Waals surface area contributed by atoms with Crippen molar-refractivity contribution in [1.82, 2.24) is 9.97 Å². The molecule has 0 spiro atoms. The van der Waals surface area contributed by atoms with Gasteiger partial charge in [-0.1, -0.05) is 42.5 Å². The zero-order chi connectivity index (χ0) is 19.2. The molecule has 1 aromatic heterocycles. The second kappa shape index (κ2) is 8.74. The van der Waals surface area contributed by atoms with Gasteiger partial charge in [0.05, 0.1) is 12.8 Å². The van der Waals surface area contributed by atoms with E-state index < -0.39 is 0 Å². The molecule has 0 saturated carbocycles. The third kappa shape index (κ3) is 4.42. The Bertz CT molecular complexity index is 900. The van der Waals surface area contributed by atoms with Crippen LogP contribution in [0, 0.1) is 5.92 Å². The number of benzene rings is 2. The molecule has 144 valence electrons. The van der Waals surface area contributed by atoms with Crippen LogP contribution in [0.2, 0.25) is 0 Å². The fourth-order valence-corrected chi connectivity index (χ4v) is 3.72. The molecule has 28 heavy (non-hydrogen) atoms. The van der Waals surface area contributed by atoms with Gasteiger partial charge in [0.25, 0.3) is 0 Å². The lowest BCUT2D eigenvalue weighted by Crippen LogP contribution is -2.23. The molecular weight excluding hydrogens is 348 g/mol. The van der Waals surface area contributed by atoms with Crippen LogP contribution >= 0.6 is 0 Å². The lowest BCUT2D eigenvalue weighted by Gasteiger charge is -2.21. The van der Waals surface area contributed by atoms with Gasteiger partial charge in [-0.05, 0) is 36.1 Å². The number of nitrogens with one attached hydrogen (secondary N) is 1. The number of hydrogen-bond donors (Lipinski definition) is 1. The molecule has 1 aliphatic heterocycles. The number of ether oxygens (including phenoxy) is 1. The molecule has 3 aromatic rings. The topological polar surface area (TPSA) is 50.3 Å². The van der Waals surface area contributed by atoms with Crippen LogP contribution in [-0.2, 0) is 6.42 Å². The molecule has 1 fully saturated rings. The summed E-state index contributed by atoms with van der Waals surface area (Å²) in [4.78, 5) is 11.5. The average Bonchev–Trinajstić information content (AvgIpc) is 3.22. The van der Waals surface area contributed by atoms with Gasteiger partial charge in [-0.2, -0.15) is 0 Å². The standard InChI is InChI=1S/C23H26N4O/c1-28-21-10-6-5-9-20(21)27-14-12-19(17-27)16-25-22-11-13-24-23(26-22)15-18-7-3-2-4-8-18/h2-11,13,19H,12,14-17H2,1H3,(H,24,25,26). The van der Waals surface area contributed by atoms with Crippen LogP contribution in [0.1, 0.15) is 17.8 Å². The van der Waals surface area contributed by atoms with Gasteiger partial charge in [-0.15, -0.1) is 0 Å². The molecule has 5 heteroatoms. The maximum atomic E-state index is 5.51. The normalized spacial score (nSPS) is 16.2. The van der Waals surface area contributed by atoms with E-state index >= 15 is 0 Å². The minimum atomic E-state index is 0.581. The molecule has 1 atom stereocenters. The molecule has 2 aromatic carbocycles. The smallest absolute Gasteiger partial charge is 0.142 e. The van der Waals surface area contributed by atoms with E-state index in [2.05, 4.69) is 44.5 Å². The zero-order valence-electron chi connectivity index (χ0n) is 16.2. The number of methoxy groups -OCH3 is 1. The first kappa shape index (κ1) is 18.3. The van der Waals surface area contributed by atoms with Gasteiger partial charge >= 0.3 is 0 Å². The molecule has 2 heterocycles. The fourth-order valence-electron chi connectivity index (χ4n) is 3.72. The van der Waals surface area contributed by atoms with E-state index in [-0.39, 0.29) is 0 Å². The first-order chi connectivity index (χ1) is 13.8. The van der Waals surface area contributed by atoms with E-state index in [9.17, 15) is 0 Å². The lowest BCUT2D eigenvalue weighted by molar-refractivity contribution is 0.414. The molecule has 1 N–H and O–H groups in total. The molecule has 0 amide bonds. The molecule has 0 aliphatic carbocycles. The fraction of sp³-hybridized carbons (Fsp3) is 0.304. The summed E-state index contributed by atoms with van der Waals surface area (Å²) in [7, 11) is 1.73. The van der Waals surface area contributed by atoms with E-state index in [1.807, 2.05) is 42.6 Å². The molecular formula is C23H26N4O. The third-order valence-electron chi connectivity index (χ3n) is 5.19. The van der Waals surface area contributed by atoms with Gasteiger partial charge in [-0.3, -0.25) is 0 Å². The van der Waals surface area contributed by atoms with Crippen LogP contribution < -0.4 is 15.0 Å². The quantitative estimate of drug-likeness (QED) is 0.677. The Hall–Kier alpha value is -3.08. The highest BCUT2D eigenvalue weighted by atomic mass is 16.5. The van der Waals surface area contributed by atoms with Crippen molar-refractivity contribution in [2.75, 3.05) is 37.0 Å². The minimum absolute atomic E-state index is 0.581. The summed E-state index contributed by atoms with van der Waals surface area (Å²) < 4.78 is 5.51. The molecule has 1 aliphatic rings. The summed E-state index contributed by atoms with van der Waals surface area (Å²) in [6.07, 6.45) is 3.75. The molecule has 0 radical (unpaired) electrons. The maximum absolute atomic E-state index is 5.51. The van der Waals surface area contributed by atoms with Crippen molar-refractivity contribution >= 4 is 11.5 Å². The summed E-state index contributed by atoms with van der Waals surface area (Å²) in [5.41, 5.74) is 2.41. The van der Waals surface area contributed by atoms with Crippen molar-refractivity contribution in [3.63, 3.8) is 0 Å². The van der Waals surface area contributed by atoms with Crippen molar-refractivity contribution < 1.29 is 4.74 Å². The van der Waals surface area contributed by atoms with Crippen LogP contribution in [0.3, 0.4) is 0 Å². The number of nitrogens with zero attached hydrogens (tertiary/aromatic N) is 3. The van der Waals surface area contributed by atoms with E-state index in [4.69, 9.17) is 4.74 Å². The molecule has 0 bridgehead atoms. The predicted molar refractivity (Wildman–Crippen MR) is 113 cm³/mol. The van der Waals surface area contributed by atoms with E-state index in [1.54, 1.807) is 7.11 Å². The number of rotatable bonds is 7. The van der Waals surface area contributed by atoms with Crippen LogP contribution in [-0.4, -0.2) is 36.7 Å². The Kier molecular flexibility index (Phi) is 5.71. The Morgan fingerprint density at radius 1 is 1.07 bits per heavy atom. The van der Waals surface area contributed by atoms with Gasteiger partial charge < -0.3 is 15.0 Å². The Morgan fingerprint density at radius 3 is 2.75 bits per heavy atom. The minimum Gasteiger partial charge on any atom is -0.495 e. The first-order valence-electron chi connectivity index (χ1n) is 9.79. The monoisotopic (exact) mass is 374 g/mol. The molecule has 4 rings (SSSR count). The second-order valence-corrected chi connectivity index (χ2v) is 7.17. The number of para-hydroxylation sites is 2. The van der Waals surface area contributed by atoms with Gasteiger partial charge in [0, 0.05) is 32.3 Å². The summed E-state index contributed by atoms with van der Waals surface area (Å²) in [6, 6.07) is 20.5. The van der Waals surface area contributed by atoms with Gasteiger partial charge in [0.1, 0.15) is 17.4 Å². The van der Waals surface area contributed by atoms with Crippen molar-refractivity contribution in [1.29, 1.82) is 0 Å². The summed E-state index contributed by atoms with van der Waals surface area (Å²) >= 11 is 0. The van der Waals surface area contributed by atoms with E-state index in [0.717, 1.165) is 49.9 Å². The molecule has 1 unspecified atom stereocenters. The largest absolute Gasteiger partial charge is 0.495 e. The van der Waals surface area contributed by atoms with Crippen molar-refractivity contribution in [2.24, 2.45) is 5.92 Å². The van der Waals surface area contributed by atoms with Crippen molar-refractivity contribution in [3.8, 4) is 5.75 Å². The highest BCUT2D eigenvalue weighted by Crippen LogP contribution is 2.31. The summed E-state index contributed by atoms with van der Waals surface area (Å²) in [6.45, 7) is 2.98. The highest BCUT2D eigenvalue weighted by Gasteiger charge is 2.24. The predicted octanol–water partition coefficient (Wildman–Crippen LogP) is 4.01. The number of aromatic nitrogens is 2. The van der Waals surface area contributed by atoms with Crippen LogP contribution in [0.25, 0.3) is 0 Å². The van der Waals surface area contributed by atoms with Gasteiger partial charge in [0.15, 0.2) is 0 Å². The second-order valence-electron chi connectivity index (χ2n) is 7.17. The number of hydrogen-bond acceptors (Lipinski definition) is 5. The maximum Gasteiger partial charge on any atom is 0.142 e. The summed E-state index contributed by atoms with van der Waals surface area (Å²) in [5.74, 6) is 3.27. The SMILES string of the molecule is COc1ccccc1N1CCC(CNc2ccnc(Cc3ccccc3)n2)C1. The molecule has 1 saturated heterocycles.